The first kappa shape index (κ1) is 23.5. The minimum absolute atomic E-state index is 0.103. The van der Waals surface area contributed by atoms with Crippen LogP contribution in [0.5, 0.6) is 0 Å². The number of halogens is 1. The van der Waals surface area contributed by atoms with E-state index in [1.54, 1.807) is 18.2 Å². The zero-order valence-corrected chi connectivity index (χ0v) is 19.5. The van der Waals surface area contributed by atoms with Gasteiger partial charge in [-0.15, -0.1) is 0 Å². The summed E-state index contributed by atoms with van der Waals surface area (Å²) < 4.78 is 24.0. The van der Waals surface area contributed by atoms with Gasteiger partial charge in [-0.05, 0) is 56.7 Å². The maximum atomic E-state index is 12.4. The zero-order valence-electron chi connectivity index (χ0n) is 17.9. The first-order valence-electron chi connectivity index (χ1n) is 10.2. The zero-order chi connectivity index (χ0) is 22.3. The lowest BCUT2D eigenvalue weighted by atomic mass is 10.2. The Labute approximate surface area is 191 Å². The van der Waals surface area contributed by atoms with Crippen molar-refractivity contribution in [2.24, 2.45) is 0 Å². The van der Waals surface area contributed by atoms with Gasteiger partial charge in [0.15, 0.2) is 5.79 Å². The van der Waals surface area contributed by atoms with Crippen LogP contribution in [-0.4, -0.2) is 36.8 Å². The topological polar surface area (TPSA) is 66.0 Å². The van der Waals surface area contributed by atoms with Gasteiger partial charge in [-0.25, -0.2) is 4.79 Å². The van der Waals surface area contributed by atoms with Crippen LogP contribution in [0.2, 0.25) is 0 Å². The molecular weight excluding hydrogens is 462 g/mol. The number of carbonyl (C=O) groups is 1. The minimum Gasteiger partial charge on any atom is -0.439 e. The summed E-state index contributed by atoms with van der Waals surface area (Å²) >= 11 is 3.37. The van der Waals surface area contributed by atoms with E-state index in [4.69, 9.17) is 18.9 Å². The molecule has 3 unspecified atom stereocenters. The van der Waals surface area contributed by atoms with Crippen LogP contribution in [0.25, 0.3) is 0 Å². The van der Waals surface area contributed by atoms with Crippen LogP contribution >= 0.6 is 15.9 Å². The summed E-state index contributed by atoms with van der Waals surface area (Å²) in [6.45, 7) is 6.34. The third kappa shape index (κ3) is 7.78. The summed E-state index contributed by atoms with van der Waals surface area (Å²) in [5, 5.41) is 2.73. The molecule has 1 amide bonds. The van der Waals surface area contributed by atoms with Crippen molar-refractivity contribution in [3.63, 3.8) is 0 Å². The maximum absolute atomic E-state index is 12.4. The number of anilines is 1. The van der Waals surface area contributed by atoms with E-state index >= 15 is 0 Å². The fourth-order valence-electron chi connectivity index (χ4n) is 3.21. The average Bonchev–Trinajstić information content (AvgIpc) is 3.00. The molecule has 0 radical (unpaired) electrons. The lowest BCUT2D eigenvalue weighted by Gasteiger charge is -2.17. The van der Waals surface area contributed by atoms with Gasteiger partial charge in [-0.1, -0.05) is 52.3 Å². The molecule has 3 atom stereocenters. The molecule has 0 saturated carbocycles. The largest absolute Gasteiger partial charge is 0.439 e. The molecule has 2 aromatic carbocycles. The highest BCUT2D eigenvalue weighted by molar-refractivity contribution is 9.10. The van der Waals surface area contributed by atoms with Gasteiger partial charge >= 0.3 is 6.09 Å². The second kappa shape index (κ2) is 10.9. The normalized spacial score (nSPS) is 21.2. The highest BCUT2D eigenvalue weighted by Crippen LogP contribution is 2.28. The molecule has 1 heterocycles. The van der Waals surface area contributed by atoms with Gasteiger partial charge in [0.25, 0.3) is 0 Å². The van der Waals surface area contributed by atoms with Gasteiger partial charge in [-0.3, -0.25) is 5.32 Å². The van der Waals surface area contributed by atoms with Crippen LogP contribution in [-0.2, 0) is 25.6 Å². The molecule has 1 saturated heterocycles. The van der Waals surface area contributed by atoms with E-state index in [1.807, 2.05) is 69.3 Å². The Balaban J connectivity index is 1.60. The number of nitrogens with one attached hydrogen (secondary N) is 1. The van der Waals surface area contributed by atoms with Gasteiger partial charge < -0.3 is 18.9 Å². The smallest absolute Gasteiger partial charge is 0.412 e. The van der Waals surface area contributed by atoms with Crippen LogP contribution in [0, 0.1) is 0 Å². The Hall–Kier alpha value is -2.19. The summed E-state index contributed by atoms with van der Waals surface area (Å²) in [6, 6.07) is 17.1. The summed E-state index contributed by atoms with van der Waals surface area (Å²) in [4.78, 5) is 12.4. The van der Waals surface area contributed by atoms with E-state index < -0.39 is 18.0 Å². The Kier molecular flexibility index (Phi) is 8.26. The summed E-state index contributed by atoms with van der Waals surface area (Å²) in [6.07, 6.45) is 2.18. The van der Waals surface area contributed by atoms with E-state index in [9.17, 15) is 4.79 Å². The molecule has 6 nitrogen and oxygen atoms in total. The predicted molar refractivity (Wildman–Crippen MR) is 123 cm³/mol. The number of carbonyl (C=O) groups excluding carboxylic acids is 1. The SMILES string of the molecule is CC1OC(C)(C)OC1C=CC(COCc1ccccc1)OC(=O)Nc1ccc(Br)cc1. The van der Waals surface area contributed by atoms with E-state index in [-0.39, 0.29) is 18.8 Å². The van der Waals surface area contributed by atoms with Crippen LogP contribution in [0.3, 0.4) is 0 Å². The first-order chi connectivity index (χ1) is 14.8. The van der Waals surface area contributed by atoms with E-state index in [0.717, 1.165) is 10.0 Å². The molecule has 166 valence electrons. The summed E-state index contributed by atoms with van der Waals surface area (Å²) in [5.74, 6) is -0.645. The van der Waals surface area contributed by atoms with Crippen LogP contribution in [0.4, 0.5) is 10.5 Å². The van der Waals surface area contributed by atoms with Crippen LogP contribution < -0.4 is 5.32 Å². The van der Waals surface area contributed by atoms with Crippen LogP contribution in [0.1, 0.15) is 26.3 Å². The molecule has 1 aliphatic rings. The lowest BCUT2D eigenvalue weighted by Crippen LogP contribution is -2.26. The molecular formula is C24H28BrNO5. The van der Waals surface area contributed by atoms with E-state index in [1.165, 1.54) is 0 Å². The summed E-state index contributed by atoms with van der Waals surface area (Å²) in [7, 11) is 0. The third-order valence-corrected chi connectivity index (χ3v) is 5.14. The molecule has 0 aliphatic carbocycles. The number of hydrogen-bond donors (Lipinski definition) is 1. The van der Waals surface area contributed by atoms with Crippen LogP contribution in [0.15, 0.2) is 71.2 Å². The van der Waals surface area contributed by atoms with Crippen molar-refractivity contribution in [1.82, 2.24) is 0 Å². The minimum atomic E-state index is -0.645. The number of benzene rings is 2. The molecule has 1 fully saturated rings. The van der Waals surface area contributed by atoms with Gasteiger partial charge in [0.1, 0.15) is 12.2 Å². The van der Waals surface area contributed by atoms with Gasteiger partial charge in [0, 0.05) is 10.2 Å². The highest BCUT2D eigenvalue weighted by atomic mass is 79.9. The fraction of sp³-hybridized carbons (Fsp3) is 0.375. The second-order valence-electron chi connectivity index (χ2n) is 7.77. The molecule has 3 rings (SSSR count). The van der Waals surface area contributed by atoms with E-state index in [0.29, 0.717) is 12.3 Å². The molecule has 31 heavy (non-hydrogen) atoms. The summed E-state index contributed by atoms with van der Waals surface area (Å²) in [5.41, 5.74) is 1.69. The van der Waals surface area contributed by atoms with Crippen molar-refractivity contribution in [1.29, 1.82) is 0 Å². The molecule has 0 bridgehead atoms. The van der Waals surface area contributed by atoms with Crippen molar-refractivity contribution >= 4 is 27.7 Å². The second-order valence-corrected chi connectivity index (χ2v) is 8.68. The number of hydrogen-bond acceptors (Lipinski definition) is 5. The molecule has 0 spiro atoms. The van der Waals surface area contributed by atoms with Crippen molar-refractivity contribution in [2.75, 3.05) is 11.9 Å². The fourth-order valence-corrected chi connectivity index (χ4v) is 3.47. The first-order valence-corrected chi connectivity index (χ1v) is 11.0. The lowest BCUT2D eigenvalue weighted by molar-refractivity contribution is -0.141. The highest BCUT2D eigenvalue weighted by Gasteiger charge is 2.37. The molecule has 1 aliphatic heterocycles. The monoisotopic (exact) mass is 489 g/mol. The Morgan fingerprint density at radius 3 is 2.52 bits per heavy atom. The van der Waals surface area contributed by atoms with Gasteiger partial charge in [-0.2, -0.15) is 0 Å². The van der Waals surface area contributed by atoms with Crippen molar-refractivity contribution < 1.29 is 23.7 Å². The van der Waals surface area contributed by atoms with E-state index in [2.05, 4.69) is 21.2 Å². The van der Waals surface area contributed by atoms with Gasteiger partial charge in [0.2, 0.25) is 0 Å². The maximum Gasteiger partial charge on any atom is 0.412 e. The van der Waals surface area contributed by atoms with Crippen molar-refractivity contribution in [3.05, 3.63) is 76.8 Å². The van der Waals surface area contributed by atoms with Crippen molar-refractivity contribution in [2.45, 2.75) is 51.5 Å². The Morgan fingerprint density at radius 1 is 1.16 bits per heavy atom. The standard InChI is InChI=1S/C24H28BrNO5/c1-17-22(31-24(2,3)30-17)14-13-21(16-28-15-18-7-5-4-6-8-18)29-23(27)26-20-11-9-19(25)10-12-20/h4-14,17,21-22H,15-16H2,1-3H3,(H,26,27). The Morgan fingerprint density at radius 2 is 1.87 bits per heavy atom. The molecule has 7 heteroatoms. The quantitative estimate of drug-likeness (QED) is 0.483. The number of amides is 1. The number of rotatable bonds is 8. The predicted octanol–water partition coefficient (Wildman–Crippen LogP) is 5.68. The van der Waals surface area contributed by atoms with Gasteiger partial charge in [0.05, 0.1) is 19.3 Å². The molecule has 2 aromatic rings. The van der Waals surface area contributed by atoms with Crippen molar-refractivity contribution in [3.8, 4) is 0 Å². The molecule has 0 aromatic heterocycles. The average molecular weight is 490 g/mol. The Bertz CT molecular complexity index is 869. The third-order valence-electron chi connectivity index (χ3n) is 4.61. The molecule has 1 N–H and O–H groups in total. The number of ether oxygens (including phenoxy) is 4.